The molecule has 0 aliphatic carbocycles. The molecule has 20 heavy (non-hydrogen) atoms. The van der Waals surface area contributed by atoms with Crippen LogP contribution in [0.25, 0.3) is 0 Å². The molecule has 0 unspecified atom stereocenters. The average molecular weight is 299 g/mol. The van der Waals surface area contributed by atoms with Crippen LogP contribution in [-0.4, -0.2) is 43.7 Å². The lowest BCUT2D eigenvalue weighted by atomic mass is 10.2. The summed E-state index contributed by atoms with van der Waals surface area (Å²) in [6.45, 7) is 9.54. The van der Waals surface area contributed by atoms with Gasteiger partial charge in [0.05, 0.1) is 17.3 Å². The molecule has 112 valence electrons. The van der Waals surface area contributed by atoms with E-state index in [1.807, 2.05) is 19.1 Å². The highest BCUT2D eigenvalue weighted by Gasteiger charge is 2.08. The van der Waals surface area contributed by atoms with E-state index in [4.69, 9.17) is 16.3 Å². The molecule has 0 saturated heterocycles. The van der Waals surface area contributed by atoms with Gasteiger partial charge in [0.2, 0.25) is 5.91 Å². The van der Waals surface area contributed by atoms with Crippen molar-refractivity contribution >= 4 is 23.2 Å². The molecule has 0 aromatic heterocycles. The van der Waals surface area contributed by atoms with Crippen molar-refractivity contribution in [2.45, 2.75) is 20.8 Å². The Bertz CT molecular complexity index is 414. The lowest BCUT2D eigenvalue weighted by molar-refractivity contribution is -0.120. The van der Waals surface area contributed by atoms with E-state index in [2.05, 4.69) is 24.1 Å². The van der Waals surface area contributed by atoms with Crippen LogP contribution >= 0.6 is 11.6 Å². The number of aryl methyl sites for hydroxylation is 1. The number of para-hydroxylation sites is 1. The van der Waals surface area contributed by atoms with Gasteiger partial charge in [-0.05, 0) is 31.6 Å². The van der Waals surface area contributed by atoms with E-state index in [-0.39, 0.29) is 12.5 Å². The van der Waals surface area contributed by atoms with E-state index in [0.717, 1.165) is 25.2 Å². The molecular weight excluding hydrogens is 276 g/mol. The predicted octanol–water partition coefficient (Wildman–Crippen LogP) is 2.95. The summed E-state index contributed by atoms with van der Waals surface area (Å²) in [7, 11) is 0. The van der Waals surface area contributed by atoms with E-state index >= 15 is 0 Å². The van der Waals surface area contributed by atoms with Gasteiger partial charge in [-0.15, -0.1) is 0 Å². The smallest absolute Gasteiger partial charge is 0.250 e. The van der Waals surface area contributed by atoms with E-state index in [1.165, 1.54) is 0 Å². The Morgan fingerprint density at radius 3 is 2.65 bits per heavy atom. The van der Waals surface area contributed by atoms with E-state index in [1.54, 1.807) is 6.07 Å². The van der Waals surface area contributed by atoms with Crippen molar-refractivity contribution in [1.82, 2.24) is 4.90 Å². The number of hydrogen-bond acceptors (Lipinski definition) is 3. The maximum atomic E-state index is 11.8. The van der Waals surface area contributed by atoms with Crippen LogP contribution in [0.5, 0.6) is 0 Å². The molecule has 1 rings (SSSR count). The van der Waals surface area contributed by atoms with E-state index in [9.17, 15) is 4.79 Å². The van der Waals surface area contributed by atoms with Crippen molar-refractivity contribution in [3.05, 3.63) is 28.8 Å². The number of likely N-dealkylation sites (N-methyl/N-ethyl adjacent to an activating group) is 1. The summed E-state index contributed by atoms with van der Waals surface area (Å²) in [5.41, 5.74) is 1.60. The standard InChI is InChI=1S/C15H23ClN2O2/c1-4-18(5-2)9-10-20-11-14(19)17-15-12(3)7-6-8-13(15)16/h6-8H,4-5,9-11H2,1-3H3,(H,17,19). The van der Waals surface area contributed by atoms with Crippen molar-refractivity contribution < 1.29 is 9.53 Å². The summed E-state index contributed by atoms with van der Waals surface area (Å²) < 4.78 is 5.38. The molecule has 1 amide bonds. The molecule has 0 radical (unpaired) electrons. The first-order valence-electron chi connectivity index (χ1n) is 6.93. The second kappa shape index (κ2) is 8.95. The van der Waals surface area contributed by atoms with Gasteiger partial charge in [-0.1, -0.05) is 37.6 Å². The number of nitrogens with zero attached hydrogens (tertiary/aromatic N) is 1. The third kappa shape index (κ3) is 5.49. The Hall–Kier alpha value is -1.10. The zero-order valence-corrected chi connectivity index (χ0v) is 13.2. The van der Waals surface area contributed by atoms with Gasteiger partial charge in [0.15, 0.2) is 0 Å². The number of hydrogen-bond donors (Lipinski definition) is 1. The minimum atomic E-state index is -0.180. The first-order valence-corrected chi connectivity index (χ1v) is 7.31. The van der Waals surface area contributed by atoms with Crippen molar-refractivity contribution in [3.63, 3.8) is 0 Å². The number of ether oxygens (including phenoxy) is 1. The Kier molecular flexibility index (Phi) is 7.59. The lowest BCUT2D eigenvalue weighted by Gasteiger charge is -2.17. The quantitative estimate of drug-likeness (QED) is 0.750. The van der Waals surface area contributed by atoms with Crippen LogP contribution in [0, 0.1) is 6.92 Å². The van der Waals surface area contributed by atoms with E-state index < -0.39 is 0 Å². The van der Waals surface area contributed by atoms with Crippen LogP contribution in [0.4, 0.5) is 5.69 Å². The number of nitrogens with one attached hydrogen (secondary N) is 1. The molecule has 0 heterocycles. The van der Waals surface area contributed by atoms with Gasteiger partial charge >= 0.3 is 0 Å². The van der Waals surface area contributed by atoms with Crippen molar-refractivity contribution in [2.24, 2.45) is 0 Å². The highest BCUT2D eigenvalue weighted by molar-refractivity contribution is 6.33. The van der Waals surface area contributed by atoms with Crippen LogP contribution in [0.3, 0.4) is 0 Å². The molecule has 1 aromatic carbocycles. The summed E-state index contributed by atoms with van der Waals surface area (Å²) >= 11 is 6.05. The zero-order valence-electron chi connectivity index (χ0n) is 12.4. The molecule has 0 aliphatic rings. The largest absolute Gasteiger partial charge is 0.370 e. The second-order valence-electron chi connectivity index (χ2n) is 4.56. The first-order chi connectivity index (χ1) is 9.58. The third-order valence-corrected chi connectivity index (χ3v) is 3.48. The Morgan fingerprint density at radius 2 is 2.05 bits per heavy atom. The molecule has 1 aromatic rings. The van der Waals surface area contributed by atoms with Crippen molar-refractivity contribution in [2.75, 3.05) is 38.2 Å². The Morgan fingerprint density at radius 1 is 1.35 bits per heavy atom. The highest BCUT2D eigenvalue weighted by Crippen LogP contribution is 2.24. The molecule has 0 atom stereocenters. The fourth-order valence-electron chi connectivity index (χ4n) is 1.86. The summed E-state index contributed by atoms with van der Waals surface area (Å²) in [5.74, 6) is -0.180. The van der Waals surface area contributed by atoms with Crippen LogP contribution in [0.1, 0.15) is 19.4 Å². The Labute approximate surface area is 126 Å². The van der Waals surface area contributed by atoms with E-state index in [0.29, 0.717) is 17.3 Å². The molecule has 0 aliphatic heterocycles. The second-order valence-corrected chi connectivity index (χ2v) is 4.97. The first kappa shape index (κ1) is 17.0. The minimum absolute atomic E-state index is 0.0476. The maximum absolute atomic E-state index is 11.8. The Balaban J connectivity index is 2.34. The van der Waals surface area contributed by atoms with Gasteiger partial charge in [0.25, 0.3) is 0 Å². The number of amides is 1. The molecule has 0 bridgehead atoms. The molecule has 4 nitrogen and oxygen atoms in total. The number of carbonyl (C=O) groups is 1. The van der Waals surface area contributed by atoms with Gasteiger partial charge in [0.1, 0.15) is 6.61 Å². The van der Waals surface area contributed by atoms with Gasteiger partial charge in [-0.2, -0.15) is 0 Å². The zero-order chi connectivity index (χ0) is 15.0. The summed E-state index contributed by atoms with van der Waals surface area (Å²) in [5, 5.41) is 3.33. The molecular formula is C15H23ClN2O2. The fraction of sp³-hybridized carbons (Fsp3) is 0.533. The monoisotopic (exact) mass is 298 g/mol. The molecule has 1 N–H and O–H groups in total. The third-order valence-electron chi connectivity index (χ3n) is 3.17. The number of anilines is 1. The van der Waals surface area contributed by atoms with Gasteiger partial charge in [0, 0.05) is 6.54 Å². The van der Waals surface area contributed by atoms with Crippen molar-refractivity contribution in [3.8, 4) is 0 Å². The van der Waals surface area contributed by atoms with Crippen molar-refractivity contribution in [1.29, 1.82) is 0 Å². The SMILES string of the molecule is CCN(CC)CCOCC(=O)Nc1c(C)cccc1Cl. The molecule has 0 saturated carbocycles. The molecule has 0 spiro atoms. The number of benzene rings is 1. The summed E-state index contributed by atoms with van der Waals surface area (Å²) in [6, 6.07) is 5.52. The summed E-state index contributed by atoms with van der Waals surface area (Å²) in [4.78, 5) is 14.0. The van der Waals surface area contributed by atoms with Crippen LogP contribution in [-0.2, 0) is 9.53 Å². The number of rotatable bonds is 8. The number of halogens is 1. The maximum Gasteiger partial charge on any atom is 0.250 e. The minimum Gasteiger partial charge on any atom is -0.370 e. The van der Waals surface area contributed by atoms with Crippen LogP contribution in [0.2, 0.25) is 5.02 Å². The fourth-order valence-corrected chi connectivity index (χ4v) is 2.13. The van der Waals surface area contributed by atoms with Gasteiger partial charge in [-0.25, -0.2) is 0 Å². The molecule has 5 heteroatoms. The molecule has 0 fully saturated rings. The predicted molar refractivity (Wildman–Crippen MR) is 83.4 cm³/mol. The highest BCUT2D eigenvalue weighted by atomic mass is 35.5. The van der Waals surface area contributed by atoms with Crippen LogP contribution in [0.15, 0.2) is 18.2 Å². The van der Waals surface area contributed by atoms with Gasteiger partial charge < -0.3 is 15.0 Å². The average Bonchev–Trinajstić information content (AvgIpc) is 2.43. The summed E-state index contributed by atoms with van der Waals surface area (Å²) in [6.07, 6.45) is 0. The van der Waals surface area contributed by atoms with Crippen LogP contribution < -0.4 is 5.32 Å². The lowest BCUT2D eigenvalue weighted by Crippen LogP contribution is -2.28. The van der Waals surface area contributed by atoms with Gasteiger partial charge in [-0.3, -0.25) is 4.79 Å². The topological polar surface area (TPSA) is 41.6 Å². The normalized spacial score (nSPS) is 10.8. The number of carbonyl (C=O) groups excluding carboxylic acids is 1.